The highest BCUT2D eigenvalue weighted by atomic mass is 16.2. The number of amides is 1. The zero-order valence-electron chi connectivity index (χ0n) is 20.5. The van der Waals surface area contributed by atoms with Crippen LogP contribution >= 0.6 is 0 Å². The molecule has 1 aromatic heterocycles. The van der Waals surface area contributed by atoms with Gasteiger partial charge in [0.25, 0.3) is 0 Å². The molecular weight excluding hydrogens is 440 g/mol. The van der Waals surface area contributed by atoms with Crippen LogP contribution in [0.4, 0.5) is 5.69 Å². The number of aromatic nitrogens is 3. The second kappa shape index (κ2) is 11.2. The van der Waals surface area contributed by atoms with Gasteiger partial charge in [0.15, 0.2) is 0 Å². The van der Waals surface area contributed by atoms with Crippen LogP contribution in [0.25, 0.3) is 22.5 Å². The Balaban J connectivity index is 1.70. The number of Topliss-reactive ketones (excluding diaryl/α,β-unsaturated/α-hetero) is 2. The summed E-state index contributed by atoms with van der Waals surface area (Å²) < 4.78 is 1.89. The van der Waals surface area contributed by atoms with Crippen LogP contribution in [0.3, 0.4) is 0 Å². The SMILES string of the molecule is CCC(=O)CCCCC(=O)N1Cc2ccccc2-c2c(nnn2CCCC(C)=O)-c2ccccc21. The van der Waals surface area contributed by atoms with Gasteiger partial charge in [0.2, 0.25) is 5.91 Å². The first-order valence-corrected chi connectivity index (χ1v) is 12.4. The van der Waals surface area contributed by atoms with E-state index < -0.39 is 0 Å². The van der Waals surface area contributed by atoms with Crippen LogP contribution in [0.2, 0.25) is 0 Å². The Morgan fingerprint density at radius 3 is 2.37 bits per heavy atom. The Hall–Kier alpha value is -3.61. The molecule has 0 aliphatic carbocycles. The first-order chi connectivity index (χ1) is 17.0. The molecule has 35 heavy (non-hydrogen) atoms. The van der Waals surface area contributed by atoms with Gasteiger partial charge in [0.05, 0.1) is 17.9 Å². The molecule has 182 valence electrons. The van der Waals surface area contributed by atoms with Crippen LogP contribution < -0.4 is 4.90 Å². The Bertz CT molecular complexity index is 1230. The summed E-state index contributed by atoms with van der Waals surface area (Å²) in [6.45, 7) is 4.51. The minimum absolute atomic E-state index is 0.0356. The number of ketones is 2. The van der Waals surface area contributed by atoms with E-state index >= 15 is 0 Å². The molecule has 1 aliphatic rings. The Morgan fingerprint density at radius 1 is 0.886 bits per heavy atom. The molecule has 0 radical (unpaired) electrons. The number of aryl methyl sites for hydroxylation is 1. The molecule has 7 nitrogen and oxygen atoms in total. The van der Waals surface area contributed by atoms with Crippen LogP contribution in [0, 0.1) is 0 Å². The molecule has 0 saturated heterocycles. The predicted octanol–water partition coefficient (Wildman–Crippen LogP) is 5.37. The largest absolute Gasteiger partial charge is 0.307 e. The zero-order chi connectivity index (χ0) is 24.8. The van der Waals surface area contributed by atoms with Gasteiger partial charge in [-0.3, -0.25) is 9.59 Å². The minimum atomic E-state index is 0.0356. The van der Waals surface area contributed by atoms with E-state index in [1.807, 2.05) is 65.0 Å². The Morgan fingerprint density at radius 2 is 1.60 bits per heavy atom. The average Bonchev–Trinajstić information content (AvgIpc) is 3.26. The third kappa shape index (κ3) is 5.56. The van der Waals surface area contributed by atoms with Crippen molar-refractivity contribution < 1.29 is 14.4 Å². The molecule has 0 N–H and O–H groups in total. The van der Waals surface area contributed by atoms with Gasteiger partial charge in [-0.25, -0.2) is 4.68 Å². The van der Waals surface area contributed by atoms with E-state index in [0.29, 0.717) is 51.6 Å². The smallest absolute Gasteiger partial charge is 0.227 e. The number of nitrogens with zero attached hydrogens (tertiary/aromatic N) is 4. The van der Waals surface area contributed by atoms with E-state index in [9.17, 15) is 14.4 Å². The van der Waals surface area contributed by atoms with Crippen molar-refractivity contribution in [2.45, 2.75) is 71.9 Å². The van der Waals surface area contributed by atoms with Crippen LogP contribution in [-0.2, 0) is 27.5 Å². The number of unbranched alkanes of at least 4 members (excludes halogenated alkanes) is 1. The quantitative estimate of drug-likeness (QED) is 0.371. The highest BCUT2D eigenvalue weighted by molar-refractivity contribution is 6.00. The van der Waals surface area contributed by atoms with Crippen molar-refractivity contribution in [2.24, 2.45) is 0 Å². The maximum Gasteiger partial charge on any atom is 0.227 e. The number of benzene rings is 2. The van der Waals surface area contributed by atoms with Crippen molar-refractivity contribution in [1.82, 2.24) is 15.0 Å². The summed E-state index contributed by atoms with van der Waals surface area (Å²) in [5.41, 5.74) is 5.35. The molecular formula is C28H32N4O3. The number of hydrogen-bond donors (Lipinski definition) is 0. The summed E-state index contributed by atoms with van der Waals surface area (Å²) in [7, 11) is 0. The van der Waals surface area contributed by atoms with Crippen LogP contribution in [0.15, 0.2) is 48.5 Å². The maximum absolute atomic E-state index is 13.4. The molecule has 0 atom stereocenters. The molecule has 0 fully saturated rings. The third-order valence-electron chi connectivity index (χ3n) is 6.48. The maximum atomic E-state index is 13.4. The molecule has 0 spiro atoms. The second-order valence-electron chi connectivity index (χ2n) is 9.07. The van der Waals surface area contributed by atoms with Crippen LogP contribution in [0.5, 0.6) is 0 Å². The second-order valence-corrected chi connectivity index (χ2v) is 9.07. The van der Waals surface area contributed by atoms with Gasteiger partial charge in [-0.05, 0) is 37.8 Å². The number of rotatable bonds is 10. The highest BCUT2D eigenvalue weighted by Gasteiger charge is 2.28. The summed E-state index contributed by atoms with van der Waals surface area (Å²) >= 11 is 0. The van der Waals surface area contributed by atoms with Crippen molar-refractivity contribution >= 4 is 23.2 Å². The fourth-order valence-electron chi connectivity index (χ4n) is 4.58. The topological polar surface area (TPSA) is 85.2 Å². The molecule has 0 unspecified atom stereocenters. The van der Waals surface area contributed by atoms with Crippen molar-refractivity contribution in [3.8, 4) is 22.5 Å². The van der Waals surface area contributed by atoms with Gasteiger partial charge in [0.1, 0.15) is 17.3 Å². The van der Waals surface area contributed by atoms with Crippen molar-refractivity contribution in [3.63, 3.8) is 0 Å². The van der Waals surface area contributed by atoms with Gasteiger partial charge in [0, 0.05) is 43.4 Å². The van der Waals surface area contributed by atoms with Crippen molar-refractivity contribution in [3.05, 3.63) is 54.1 Å². The zero-order valence-corrected chi connectivity index (χ0v) is 20.5. The molecule has 0 saturated carbocycles. The van der Waals surface area contributed by atoms with E-state index in [1.165, 1.54) is 0 Å². The summed E-state index contributed by atoms with van der Waals surface area (Å²) in [5, 5.41) is 9.00. The van der Waals surface area contributed by atoms with E-state index in [0.717, 1.165) is 40.2 Å². The Labute approximate surface area is 206 Å². The number of hydrogen-bond acceptors (Lipinski definition) is 5. The minimum Gasteiger partial charge on any atom is -0.307 e. The first-order valence-electron chi connectivity index (χ1n) is 12.4. The lowest BCUT2D eigenvalue weighted by molar-refractivity contribution is -0.120. The third-order valence-corrected chi connectivity index (χ3v) is 6.48. The molecule has 2 aromatic carbocycles. The van der Waals surface area contributed by atoms with Gasteiger partial charge < -0.3 is 9.69 Å². The van der Waals surface area contributed by atoms with Crippen LogP contribution in [-0.4, -0.2) is 32.5 Å². The molecule has 1 amide bonds. The number of carbonyl (C=O) groups is 3. The summed E-state index contributed by atoms with van der Waals surface area (Å²) in [6.07, 6.45) is 4.06. The number of para-hydroxylation sites is 1. The lowest BCUT2D eigenvalue weighted by Gasteiger charge is -2.28. The van der Waals surface area contributed by atoms with Gasteiger partial charge in [-0.1, -0.05) is 54.6 Å². The predicted molar refractivity (Wildman–Crippen MR) is 136 cm³/mol. The van der Waals surface area contributed by atoms with Crippen molar-refractivity contribution in [2.75, 3.05) is 4.90 Å². The fraction of sp³-hybridized carbons (Fsp3) is 0.393. The molecule has 0 bridgehead atoms. The Kier molecular flexibility index (Phi) is 7.85. The number of fused-ring (bicyclic) bond motifs is 5. The fourth-order valence-corrected chi connectivity index (χ4v) is 4.58. The van der Waals surface area contributed by atoms with Crippen molar-refractivity contribution in [1.29, 1.82) is 0 Å². The standard InChI is InChI=1S/C28H32N4O3/c1-3-22(34)13-5-9-17-26(35)31-19-21-12-4-6-14-23(21)28-27(24-15-7-8-16-25(24)31)29-30-32(28)18-10-11-20(2)33/h4,6-8,12,14-16H,3,5,9-11,13,17-19H2,1-2H3. The lowest BCUT2D eigenvalue weighted by atomic mass is 9.95. The van der Waals surface area contributed by atoms with E-state index in [2.05, 4.69) is 10.3 Å². The molecule has 1 aliphatic heterocycles. The molecule has 7 heteroatoms. The van der Waals surface area contributed by atoms with Gasteiger partial charge in [-0.15, -0.1) is 5.10 Å². The lowest BCUT2D eigenvalue weighted by Crippen LogP contribution is -2.31. The van der Waals surface area contributed by atoms with E-state index in [4.69, 9.17) is 0 Å². The molecule has 2 heterocycles. The first kappa shape index (κ1) is 24.5. The summed E-state index contributed by atoms with van der Waals surface area (Å²) in [5.74, 6) is 0.433. The number of carbonyl (C=O) groups excluding carboxylic acids is 3. The van der Waals surface area contributed by atoms with E-state index in [1.54, 1.807) is 6.92 Å². The molecule has 4 rings (SSSR count). The normalized spacial score (nSPS) is 12.2. The molecule has 3 aromatic rings. The summed E-state index contributed by atoms with van der Waals surface area (Å²) in [6, 6.07) is 15.9. The highest BCUT2D eigenvalue weighted by Crippen LogP contribution is 2.41. The van der Waals surface area contributed by atoms with Gasteiger partial charge >= 0.3 is 0 Å². The number of anilines is 1. The van der Waals surface area contributed by atoms with E-state index in [-0.39, 0.29) is 17.5 Å². The van der Waals surface area contributed by atoms with Crippen LogP contribution in [0.1, 0.15) is 64.4 Å². The monoisotopic (exact) mass is 472 g/mol. The summed E-state index contributed by atoms with van der Waals surface area (Å²) in [4.78, 5) is 38.4. The average molecular weight is 473 g/mol. The van der Waals surface area contributed by atoms with Gasteiger partial charge in [-0.2, -0.15) is 0 Å².